The second kappa shape index (κ2) is 7.02. The van der Waals surface area contributed by atoms with E-state index >= 15 is 0 Å². The molecular formula is C19H14N8O4. The van der Waals surface area contributed by atoms with E-state index in [0.29, 0.717) is 22.6 Å². The number of methoxy groups -OCH3 is 1. The van der Waals surface area contributed by atoms with Crippen LogP contribution in [0.1, 0.15) is 17.2 Å². The van der Waals surface area contributed by atoms with Gasteiger partial charge in [0.2, 0.25) is 5.95 Å². The van der Waals surface area contributed by atoms with E-state index in [4.69, 9.17) is 4.74 Å². The summed E-state index contributed by atoms with van der Waals surface area (Å²) in [5.74, 6) is 0.947. The Morgan fingerprint density at radius 2 is 1.87 bits per heavy atom. The first kappa shape index (κ1) is 18.4. The number of hydrogen-bond acceptors (Lipinski definition) is 9. The second-order valence-corrected chi connectivity index (χ2v) is 6.74. The van der Waals surface area contributed by atoms with Gasteiger partial charge in [-0.2, -0.15) is 9.78 Å². The second-order valence-electron chi connectivity index (χ2n) is 6.74. The Balaban J connectivity index is 1.74. The van der Waals surface area contributed by atoms with Crippen molar-refractivity contribution in [3.8, 4) is 17.0 Å². The Bertz CT molecular complexity index is 1340. The lowest BCUT2D eigenvalue weighted by atomic mass is 9.92. The van der Waals surface area contributed by atoms with Crippen molar-refractivity contribution in [2.45, 2.75) is 6.04 Å². The molecule has 0 saturated heterocycles. The number of non-ortho nitro benzene ring substituents is 1. The van der Waals surface area contributed by atoms with Gasteiger partial charge in [-0.3, -0.25) is 14.9 Å². The highest BCUT2D eigenvalue weighted by atomic mass is 16.6. The van der Waals surface area contributed by atoms with Crippen LogP contribution >= 0.6 is 0 Å². The van der Waals surface area contributed by atoms with Crippen LogP contribution in [0.15, 0.2) is 53.3 Å². The number of fused-ring (bicyclic) bond motifs is 2. The summed E-state index contributed by atoms with van der Waals surface area (Å²) in [6, 6.07) is 12.6. The zero-order chi connectivity index (χ0) is 21.5. The number of rotatable bonds is 4. The lowest BCUT2D eigenvalue weighted by molar-refractivity contribution is -0.384. The molecule has 0 unspecified atom stereocenters. The molecule has 0 amide bonds. The first-order chi connectivity index (χ1) is 15.1. The van der Waals surface area contributed by atoms with Crippen molar-refractivity contribution in [3.05, 3.63) is 80.1 Å². The summed E-state index contributed by atoms with van der Waals surface area (Å²) in [5, 5.41) is 32.5. The molecule has 0 saturated carbocycles. The highest BCUT2D eigenvalue weighted by Gasteiger charge is 2.34. The van der Waals surface area contributed by atoms with Crippen molar-refractivity contribution in [3.63, 3.8) is 0 Å². The van der Waals surface area contributed by atoms with E-state index in [2.05, 4.69) is 31.0 Å². The van der Waals surface area contributed by atoms with Gasteiger partial charge < -0.3 is 10.1 Å². The fraction of sp³-hybridized carbons (Fsp3) is 0.105. The monoisotopic (exact) mass is 418 g/mol. The number of ether oxygens (including phenoxy) is 1. The molecule has 1 aliphatic rings. The van der Waals surface area contributed by atoms with E-state index in [1.807, 2.05) is 12.1 Å². The first-order valence-corrected chi connectivity index (χ1v) is 9.13. The molecule has 0 fully saturated rings. The van der Waals surface area contributed by atoms with Crippen LogP contribution < -0.4 is 15.6 Å². The van der Waals surface area contributed by atoms with Crippen molar-refractivity contribution in [1.29, 1.82) is 0 Å². The average Bonchev–Trinajstić information content (AvgIpc) is 3.27. The number of benzene rings is 2. The number of tetrazole rings is 1. The van der Waals surface area contributed by atoms with Gasteiger partial charge in [0.15, 0.2) is 0 Å². The molecule has 31 heavy (non-hydrogen) atoms. The normalized spacial score (nSPS) is 14.3. The number of nitro benzene ring substituents is 1. The molecule has 4 aromatic rings. The maximum Gasteiger partial charge on any atom is 0.288 e. The molecule has 5 rings (SSSR count). The van der Waals surface area contributed by atoms with E-state index in [9.17, 15) is 14.9 Å². The predicted molar refractivity (Wildman–Crippen MR) is 108 cm³/mol. The lowest BCUT2D eigenvalue weighted by Crippen LogP contribution is -2.29. The Morgan fingerprint density at radius 3 is 2.55 bits per heavy atom. The van der Waals surface area contributed by atoms with Crippen LogP contribution in [0.25, 0.3) is 11.3 Å². The van der Waals surface area contributed by atoms with Gasteiger partial charge in [0.25, 0.3) is 11.2 Å². The molecule has 2 N–H and O–H groups in total. The number of nitrogens with zero attached hydrogens (tertiary/aromatic N) is 6. The number of aromatic nitrogens is 6. The van der Waals surface area contributed by atoms with E-state index in [0.717, 1.165) is 5.56 Å². The third kappa shape index (κ3) is 2.97. The van der Waals surface area contributed by atoms with Crippen LogP contribution in [0.3, 0.4) is 0 Å². The third-order valence-corrected chi connectivity index (χ3v) is 5.05. The molecule has 2 aromatic carbocycles. The summed E-state index contributed by atoms with van der Waals surface area (Å²) < 4.78 is 6.73. The van der Waals surface area contributed by atoms with Crippen molar-refractivity contribution in [1.82, 2.24) is 30.4 Å². The van der Waals surface area contributed by atoms with Crippen LogP contribution in [-0.2, 0) is 0 Å². The zero-order valence-corrected chi connectivity index (χ0v) is 16.0. The number of H-pyrrole nitrogens is 1. The lowest BCUT2D eigenvalue weighted by Gasteiger charge is -2.27. The zero-order valence-electron chi connectivity index (χ0n) is 16.0. The summed E-state index contributed by atoms with van der Waals surface area (Å²) in [7, 11) is 1.57. The number of anilines is 2. The van der Waals surface area contributed by atoms with Crippen LogP contribution in [0, 0.1) is 10.1 Å². The number of nitrogens with one attached hydrogen (secondary N) is 2. The van der Waals surface area contributed by atoms with Crippen molar-refractivity contribution >= 4 is 17.3 Å². The summed E-state index contributed by atoms with van der Waals surface area (Å²) >= 11 is 0. The Hall–Kier alpha value is -4.61. The number of hydrogen-bond donors (Lipinski definition) is 2. The van der Waals surface area contributed by atoms with Crippen molar-refractivity contribution in [2.24, 2.45) is 0 Å². The van der Waals surface area contributed by atoms with Crippen LogP contribution in [-0.4, -0.2) is 42.4 Å². The van der Waals surface area contributed by atoms with Crippen LogP contribution in [0.4, 0.5) is 17.3 Å². The smallest absolute Gasteiger partial charge is 0.288 e. The molecule has 154 valence electrons. The standard InChI is InChI=1S/C19H14N8O4/c1-31-13-8-4-10(5-9-13)15-14-16(18(28)22-21-15)20-19-23-24-25-26(19)17(14)11-2-6-12(7-3-11)27(29)30/h2-9,17H,1H3,(H,22,28)(H,20,23,25)/t17-/m0/s1. The van der Waals surface area contributed by atoms with Gasteiger partial charge in [-0.1, -0.05) is 5.10 Å². The Morgan fingerprint density at radius 1 is 1.13 bits per heavy atom. The molecule has 0 radical (unpaired) electrons. The van der Waals surface area contributed by atoms with Crippen LogP contribution in [0.5, 0.6) is 5.75 Å². The number of nitro groups is 1. The van der Waals surface area contributed by atoms with Gasteiger partial charge in [0, 0.05) is 23.3 Å². The largest absolute Gasteiger partial charge is 0.497 e. The Kier molecular flexibility index (Phi) is 4.17. The average molecular weight is 418 g/mol. The van der Waals surface area contributed by atoms with E-state index in [1.165, 1.54) is 16.8 Å². The summed E-state index contributed by atoms with van der Waals surface area (Å²) in [4.78, 5) is 23.2. The minimum Gasteiger partial charge on any atom is -0.497 e. The molecule has 12 nitrogen and oxygen atoms in total. The topological polar surface area (TPSA) is 154 Å². The highest BCUT2D eigenvalue weighted by molar-refractivity contribution is 5.75. The molecule has 0 spiro atoms. The molecule has 3 heterocycles. The molecular weight excluding hydrogens is 404 g/mol. The Labute approximate surface area is 173 Å². The van der Waals surface area contributed by atoms with Gasteiger partial charge in [-0.15, -0.1) is 0 Å². The maximum absolute atomic E-state index is 12.6. The SMILES string of the molecule is COc1ccc(-c2n[nH]c(=O)c3c2[C@H](c2ccc([N+](=O)[O-])cc2)n2nnnc2N3)cc1. The third-order valence-electron chi connectivity index (χ3n) is 5.05. The fourth-order valence-electron chi connectivity index (χ4n) is 3.59. The molecule has 12 heteroatoms. The van der Waals surface area contributed by atoms with Crippen molar-refractivity contribution < 1.29 is 9.66 Å². The summed E-state index contributed by atoms with van der Waals surface area (Å²) in [5.41, 5.74) is 2.22. The van der Waals surface area contributed by atoms with Gasteiger partial charge in [-0.25, -0.2) is 5.10 Å². The molecule has 0 bridgehead atoms. The number of aromatic amines is 1. The van der Waals surface area contributed by atoms with Gasteiger partial charge >= 0.3 is 0 Å². The molecule has 0 aliphatic carbocycles. The predicted octanol–water partition coefficient (Wildman–Crippen LogP) is 2.03. The molecule has 1 atom stereocenters. The maximum atomic E-state index is 12.6. The minimum atomic E-state index is -0.631. The first-order valence-electron chi connectivity index (χ1n) is 9.13. The fourth-order valence-corrected chi connectivity index (χ4v) is 3.59. The molecule has 2 aromatic heterocycles. The summed E-state index contributed by atoms with van der Waals surface area (Å²) in [6.45, 7) is 0. The minimum absolute atomic E-state index is 0.0470. The van der Waals surface area contributed by atoms with Crippen molar-refractivity contribution in [2.75, 3.05) is 12.4 Å². The quantitative estimate of drug-likeness (QED) is 0.329. The van der Waals surface area contributed by atoms with E-state index < -0.39 is 16.5 Å². The molecule has 1 aliphatic heterocycles. The van der Waals surface area contributed by atoms with E-state index in [1.54, 1.807) is 31.4 Å². The summed E-state index contributed by atoms with van der Waals surface area (Å²) in [6.07, 6.45) is 0. The van der Waals surface area contributed by atoms with Gasteiger partial charge in [0.1, 0.15) is 17.5 Å². The van der Waals surface area contributed by atoms with Crippen LogP contribution in [0.2, 0.25) is 0 Å². The van der Waals surface area contributed by atoms with E-state index in [-0.39, 0.29) is 17.3 Å². The highest BCUT2D eigenvalue weighted by Crippen LogP contribution is 2.41. The van der Waals surface area contributed by atoms with Gasteiger partial charge in [-0.05, 0) is 52.4 Å². The van der Waals surface area contributed by atoms with Gasteiger partial charge in [0.05, 0.1) is 17.7 Å².